The van der Waals surface area contributed by atoms with Crippen LogP contribution in [0.15, 0.2) is 29.5 Å². The van der Waals surface area contributed by atoms with Crippen molar-refractivity contribution in [3.8, 4) is 0 Å². The molecule has 1 aromatic rings. The van der Waals surface area contributed by atoms with E-state index in [0.717, 1.165) is 11.3 Å². The van der Waals surface area contributed by atoms with E-state index in [1.807, 2.05) is 6.07 Å². The van der Waals surface area contributed by atoms with Crippen LogP contribution in [-0.2, 0) is 30.3 Å². The zero-order valence-corrected chi connectivity index (χ0v) is 15.1. The molecule has 27 heavy (non-hydrogen) atoms. The van der Waals surface area contributed by atoms with Gasteiger partial charge in [0.2, 0.25) is 0 Å². The number of nitrogens with one attached hydrogen (secondary N) is 2. The maximum absolute atomic E-state index is 12.6. The first kappa shape index (κ1) is 18.7. The fraction of sp³-hybridized carbons (Fsp3) is 0.389. The minimum Gasteiger partial charge on any atom is -0.467 e. The Morgan fingerprint density at radius 2 is 2.11 bits per heavy atom. The summed E-state index contributed by atoms with van der Waals surface area (Å²) >= 11 is 0. The molecule has 0 bridgehead atoms. The highest BCUT2D eigenvalue weighted by Crippen LogP contribution is 2.31. The van der Waals surface area contributed by atoms with Crippen LogP contribution in [0.2, 0.25) is 0 Å². The molecule has 2 aliphatic heterocycles. The number of rotatable bonds is 6. The summed E-state index contributed by atoms with van der Waals surface area (Å²) in [5.74, 6) is -1.33. The summed E-state index contributed by atoms with van der Waals surface area (Å²) in [7, 11) is 2.59. The van der Waals surface area contributed by atoms with Gasteiger partial charge in [0, 0.05) is 24.3 Å². The first-order chi connectivity index (χ1) is 13.0. The Kier molecular flexibility index (Phi) is 5.31. The van der Waals surface area contributed by atoms with Crippen LogP contribution >= 0.6 is 0 Å². The molecule has 0 fully saturated rings. The standard InChI is InChI=1S/C18H21N3O6/c1-26-17(24)12-9-21(5-6-22)16(23)15(12)19-11-4-3-10-7-14(18(25)27-2)20-13(10)8-11/h3-4,8,14,19-20,22H,5-7,9H2,1-2H3. The number of aliphatic hydroxyl groups is 1. The van der Waals surface area contributed by atoms with Gasteiger partial charge in [-0.15, -0.1) is 0 Å². The number of amides is 1. The number of carbonyl (C=O) groups is 3. The van der Waals surface area contributed by atoms with Crippen molar-refractivity contribution in [2.75, 3.05) is 44.5 Å². The predicted molar refractivity (Wildman–Crippen MR) is 95.9 cm³/mol. The van der Waals surface area contributed by atoms with E-state index in [4.69, 9.17) is 14.6 Å². The van der Waals surface area contributed by atoms with Crippen molar-refractivity contribution in [3.05, 3.63) is 35.0 Å². The molecule has 1 atom stereocenters. The number of aliphatic hydroxyl groups excluding tert-OH is 1. The Bertz CT molecular complexity index is 819. The third kappa shape index (κ3) is 3.59. The number of esters is 2. The highest BCUT2D eigenvalue weighted by Gasteiger charge is 2.35. The van der Waals surface area contributed by atoms with Crippen molar-refractivity contribution in [3.63, 3.8) is 0 Å². The second-order valence-electron chi connectivity index (χ2n) is 6.22. The molecule has 0 spiro atoms. The number of nitrogens with zero attached hydrogens (tertiary/aromatic N) is 1. The molecule has 3 N–H and O–H groups in total. The van der Waals surface area contributed by atoms with E-state index in [-0.39, 0.29) is 42.8 Å². The van der Waals surface area contributed by atoms with Crippen LogP contribution in [0.4, 0.5) is 11.4 Å². The number of fused-ring (bicyclic) bond motifs is 1. The minimum absolute atomic E-state index is 0.0714. The largest absolute Gasteiger partial charge is 0.467 e. The Labute approximate surface area is 155 Å². The summed E-state index contributed by atoms with van der Waals surface area (Å²) in [5, 5.41) is 15.2. The van der Waals surface area contributed by atoms with Crippen LogP contribution in [0.5, 0.6) is 0 Å². The molecule has 9 heteroatoms. The Morgan fingerprint density at radius 3 is 2.78 bits per heavy atom. The van der Waals surface area contributed by atoms with Crippen molar-refractivity contribution in [2.24, 2.45) is 0 Å². The fourth-order valence-electron chi connectivity index (χ4n) is 3.20. The molecule has 2 heterocycles. The summed E-state index contributed by atoms with van der Waals surface area (Å²) in [6, 6.07) is 4.93. The third-order valence-electron chi connectivity index (χ3n) is 4.57. The highest BCUT2D eigenvalue weighted by molar-refractivity contribution is 6.08. The molecule has 9 nitrogen and oxygen atoms in total. The molecule has 0 saturated carbocycles. The summed E-state index contributed by atoms with van der Waals surface area (Å²) in [5.41, 5.74) is 2.63. The van der Waals surface area contributed by atoms with Crippen LogP contribution in [0.1, 0.15) is 5.56 Å². The van der Waals surface area contributed by atoms with E-state index >= 15 is 0 Å². The lowest BCUT2D eigenvalue weighted by molar-refractivity contribution is -0.141. The van der Waals surface area contributed by atoms with Gasteiger partial charge >= 0.3 is 11.9 Å². The van der Waals surface area contributed by atoms with Gasteiger partial charge in [-0.3, -0.25) is 4.79 Å². The summed E-state index contributed by atoms with van der Waals surface area (Å²) < 4.78 is 9.52. The van der Waals surface area contributed by atoms with Crippen LogP contribution < -0.4 is 10.6 Å². The number of methoxy groups -OCH3 is 2. The second-order valence-corrected chi connectivity index (χ2v) is 6.22. The molecule has 0 aromatic heterocycles. The van der Waals surface area contributed by atoms with Crippen molar-refractivity contribution in [1.82, 2.24) is 4.90 Å². The zero-order valence-electron chi connectivity index (χ0n) is 15.1. The second kappa shape index (κ2) is 7.67. The number of carbonyl (C=O) groups excluding carboxylic acids is 3. The number of β-amino-alcohol motifs (C(OH)–C–C–N with tert-alkyl or cyclic N) is 1. The van der Waals surface area contributed by atoms with Crippen LogP contribution in [-0.4, -0.2) is 67.8 Å². The van der Waals surface area contributed by atoms with Gasteiger partial charge < -0.3 is 30.1 Å². The van der Waals surface area contributed by atoms with Gasteiger partial charge in [0.1, 0.15) is 11.7 Å². The molecule has 1 aromatic carbocycles. The lowest BCUT2D eigenvalue weighted by Crippen LogP contribution is -2.31. The highest BCUT2D eigenvalue weighted by atomic mass is 16.5. The van der Waals surface area contributed by atoms with E-state index in [2.05, 4.69) is 10.6 Å². The molecule has 0 aliphatic carbocycles. The SMILES string of the molecule is COC(=O)C1=C(Nc2ccc3c(c2)NC(C(=O)OC)C3)C(=O)N(CCO)C1. The number of hydrogen-bond acceptors (Lipinski definition) is 8. The van der Waals surface area contributed by atoms with Crippen LogP contribution in [0.25, 0.3) is 0 Å². The van der Waals surface area contributed by atoms with Gasteiger partial charge in [-0.05, 0) is 17.7 Å². The summed E-state index contributed by atoms with van der Waals surface area (Å²) in [6.45, 7) is -0.00970. The van der Waals surface area contributed by atoms with Crippen molar-refractivity contribution in [1.29, 1.82) is 0 Å². The molecule has 3 rings (SSSR count). The first-order valence-electron chi connectivity index (χ1n) is 8.44. The monoisotopic (exact) mass is 375 g/mol. The van der Waals surface area contributed by atoms with Crippen molar-refractivity contribution in [2.45, 2.75) is 12.5 Å². The molecular weight excluding hydrogens is 354 g/mol. The van der Waals surface area contributed by atoms with Gasteiger partial charge in [0.15, 0.2) is 0 Å². The molecule has 1 unspecified atom stereocenters. The molecule has 0 radical (unpaired) electrons. The van der Waals surface area contributed by atoms with Gasteiger partial charge in [0.05, 0.1) is 32.9 Å². The lowest BCUT2D eigenvalue weighted by Gasteiger charge is -2.15. The summed E-state index contributed by atoms with van der Waals surface area (Å²) in [6.07, 6.45) is 0.515. The van der Waals surface area contributed by atoms with Crippen LogP contribution in [0.3, 0.4) is 0 Å². The van der Waals surface area contributed by atoms with Crippen molar-refractivity contribution >= 4 is 29.2 Å². The maximum atomic E-state index is 12.6. The van der Waals surface area contributed by atoms with Gasteiger partial charge in [-0.2, -0.15) is 0 Å². The molecular formula is C18H21N3O6. The first-order valence-corrected chi connectivity index (χ1v) is 8.44. The maximum Gasteiger partial charge on any atom is 0.337 e. The smallest absolute Gasteiger partial charge is 0.337 e. The molecule has 0 saturated heterocycles. The lowest BCUT2D eigenvalue weighted by atomic mass is 10.1. The van der Waals surface area contributed by atoms with Gasteiger partial charge in [0.25, 0.3) is 5.91 Å². The minimum atomic E-state index is -0.601. The predicted octanol–water partition coefficient (Wildman–Crippen LogP) is -0.130. The quantitative estimate of drug-likeness (QED) is 0.589. The number of benzene rings is 1. The van der Waals surface area contributed by atoms with E-state index < -0.39 is 12.0 Å². The van der Waals surface area contributed by atoms with E-state index in [9.17, 15) is 14.4 Å². The van der Waals surface area contributed by atoms with Crippen LogP contribution in [0, 0.1) is 0 Å². The average molecular weight is 375 g/mol. The topological polar surface area (TPSA) is 117 Å². The fourth-order valence-corrected chi connectivity index (χ4v) is 3.20. The van der Waals surface area contributed by atoms with Crippen molar-refractivity contribution < 1.29 is 29.0 Å². The molecule has 1 amide bonds. The average Bonchev–Trinajstić information content (AvgIpc) is 3.23. The Morgan fingerprint density at radius 1 is 1.33 bits per heavy atom. The van der Waals surface area contributed by atoms with E-state index in [0.29, 0.717) is 12.1 Å². The molecule has 144 valence electrons. The third-order valence-corrected chi connectivity index (χ3v) is 4.57. The van der Waals surface area contributed by atoms with E-state index in [1.54, 1.807) is 12.1 Å². The normalized spacial score (nSPS) is 18.3. The Hall–Kier alpha value is -3.07. The number of anilines is 2. The Balaban J connectivity index is 1.83. The molecule has 2 aliphatic rings. The van der Waals surface area contributed by atoms with Gasteiger partial charge in [-0.25, -0.2) is 9.59 Å². The number of ether oxygens (including phenoxy) is 2. The van der Waals surface area contributed by atoms with E-state index in [1.165, 1.54) is 19.1 Å². The summed E-state index contributed by atoms with van der Waals surface area (Å²) in [4.78, 5) is 37.7. The number of hydrogen-bond donors (Lipinski definition) is 3. The zero-order chi connectivity index (χ0) is 19.6. The van der Waals surface area contributed by atoms with Gasteiger partial charge in [-0.1, -0.05) is 6.07 Å².